The average Bonchev–Trinajstić information content (AvgIpc) is 3.07. The molecule has 1 unspecified atom stereocenters. The van der Waals surface area contributed by atoms with Crippen LogP contribution in [0.15, 0.2) is 18.2 Å². The fourth-order valence-corrected chi connectivity index (χ4v) is 3.05. The first-order valence-electron chi connectivity index (χ1n) is 8.49. The highest BCUT2D eigenvalue weighted by Gasteiger charge is 2.32. The molecule has 0 spiro atoms. The van der Waals surface area contributed by atoms with Crippen LogP contribution in [0.1, 0.15) is 33.6 Å². The normalized spacial score (nSPS) is 20.3. The lowest BCUT2D eigenvalue weighted by Gasteiger charge is -2.34. The monoisotopic (exact) mass is 331 g/mol. The van der Waals surface area contributed by atoms with Gasteiger partial charge in [0.15, 0.2) is 0 Å². The summed E-state index contributed by atoms with van der Waals surface area (Å²) in [5.41, 5.74) is 0.935. The average molecular weight is 331 g/mol. The van der Waals surface area contributed by atoms with Crippen LogP contribution in [-0.2, 0) is 9.59 Å². The zero-order valence-corrected chi connectivity index (χ0v) is 14.5. The summed E-state index contributed by atoms with van der Waals surface area (Å²) in [6, 6.07) is 5.32. The zero-order chi connectivity index (χ0) is 17.3. The molecule has 0 aromatic heterocycles. The van der Waals surface area contributed by atoms with Crippen LogP contribution in [0.4, 0.5) is 11.4 Å². The third-order valence-corrected chi connectivity index (χ3v) is 4.35. The number of ether oxygens (including phenoxy) is 1. The number of hydrogen-bond acceptors (Lipinski definition) is 4. The van der Waals surface area contributed by atoms with E-state index < -0.39 is 5.41 Å². The van der Waals surface area contributed by atoms with E-state index in [9.17, 15) is 9.59 Å². The first-order chi connectivity index (χ1) is 11.4. The summed E-state index contributed by atoms with van der Waals surface area (Å²) >= 11 is 0. The van der Waals surface area contributed by atoms with Crippen LogP contribution in [0.2, 0.25) is 0 Å². The Morgan fingerprint density at radius 3 is 2.79 bits per heavy atom. The van der Waals surface area contributed by atoms with Crippen molar-refractivity contribution in [3.05, 3.63) is 18.2 Å². The number of nitrogens with zero attached hydrogens (tertiary/aromatic N) is 1. The van der Waals surface area contributed by atoms with Crippen LogP contribution in [0.25, 0.3) is 0 Å². The molecule has 0 aliphatic carbocycles. The lowest BCUT2D eigenvalue weighted by atomic mass is 9.94. The predicted molar refractivity (Wildman–Crippen MR) is 93.4 cm³/mol. The molecule has 2 heterocycles. The molecular formula is C18H25N3O3. The summed E-state index contributed by atoms with van der Waals surface area (Å²) in [5.74, 6) is 0.696. The predicted octanol–water partition coefficient (Wildman–Crippen LogP) is 2.15. The van der Waals surface area contributed by atoms with Crippen molar-refractivity contribution >= 4 is 23.2 Å². The summed E-state index contributed by atoms with van der Waals surface area (Å²) in [6.07, 6.45) is 1.87. The molecule has 2 aliphatic heterocycles. The summed E-state index contributed by atoms with van der Waals surface area (Å²) in [6.45, 7) is 7.59. The van der Waals surface area contributed by atoms with Gasteiger partial charge in [-0.25, -0.2) is 0 Å². The second kappa shape index (κ2) is 6.43. The number of benzene rings is 1. The summed E-state index contributed by atoms with van der Waals surface area (Å²) in [4.78, 5) is 26.7. The van der Waals surface area contributed by atoms with Gasteiger partial charge in [-0.05, 0) is 37.6 Å². The highest BCUT2D eigenvalue weighted by atomic mass is 16.5. The Balaban J connectivity index is 1.82. The van der Waals surface area contributed by atoms with E-state index in [0.29, 0.717) is 24.6 Å². The fourth-order valence-electron chi connectivity index (χ4n) is 3.05. The maximum atomic E-state index is 12.7. The number of carbonyl (C=O) groups is 2. The van der Waals surface area contributed by atoms with Crippen molar-refractivity contribution in [1.29, 1.82) is 0 Å². The molecule has 1 fully saturated rings. The summed E-state index contributed by atoms with van der Waals surface area (Å²) < 4.78 is 5.66. The maximum Gasteiger partial charge on any atom is 0.241 e. The highest BCUT2D eigenvalue weighted by Crippen LogP contribution is 2.36. The zero-order valence-electron chi connectivity index (χ0n) is 14.5. The van der Waals surface area contributed by atoms with Gasteiger partial charge in [0, 0.05) is 11.1 Å². The first-order valence-corrected chi connectivity index (χ1v) is 8.49. The van der Waals surface area contributed by atoms with Crippen molar-refractivity contribution < 1.29 is 14.3 Å². The van der Waals surface area contributed by atoms with Crippen molar-refractivity contribution in [2.75, 3.05) is 29.9 Å². The minimum Gasteiger partial charge on any atom is -0.490 e. The van der Waals surface area contributed by atoms with Crippen LogP contribution in [0, 0.1) is 5.41 Å². The van der Waals surface area contributed by atoms with Gasteiger partial charge in [-0.1, -0.05) is 20.8 Å². The second-order valence-electron chi connectivity index (χ2n) is 7.38. The van der Waals surface area contributed by atoms with Crippen LogP contribution in [0.3, 0.4) is 0 Å². The number of nitrogens with one attached hydrogen (secondary N) is 2. The lowest BCUT2D eigenvalue weighted by Crippen LogP contribution is -2.44. The second-order valence-corrected chi connectivity index (χ2v) is 7.38. The van der Waals surface area contributed by atoms with Gasteiger partial charge in [-0.3, -0.25) is 9.59 Å². The van der Waals surface area contributed by atoms with E-state index in [4.69, 9.17) is 4.74 Å². The van der Waals surface area contributed by atoms with E-state index in [0.717, 1.165) is 25.1 Å². The van der Waals surface area contributed by atoms with Gasteiger partial charge < -0.3 is 20.3 Å². The Kier molecular flexibility index (Phi) is 4.49. The van der Waals surface area contributed by atoms with Gasteiger partial charge in [0.1, 0.15) is 12.4 Å². The molecule has 6 heteroatoms. The number of rotatable bonds is 2. The van der Waals surface area contributed by atoms with Gasteiger partial charge in [-0.2, -0.15) is 0 Å². The van der Waals surface area contributed by atoms with Crippen molar-refractivity contribution in [3.63, 3.8) is 0 Å². The Morgan fingerprint density at radius 2 is 2.12 bits per heavy atom. The largest absolute Gasteiger partial charge is 0.490 e. The molecule has 3 rings (SSSR count). The molecule has 24 heavy (non-hydrogen) atoms. The van der Waals surface area contributed by atoms with Crippen molar-refractivity contribution in [1.82, 2.24) is 5.32 Å². The molecule has 2 N–H and O–H groups in total. The van der Waals surface area contributed by atoms with E-state index >= 15 is 0 Å². The minimum atomic E-state index is -0.471. The smallest absolute Gasteiger partial charge is 0.241 e. The molecule has 130 valence electrons. The molecular weight excluding hydrogens is 306 g/mol. The summed E-state index contributed by atoms with van der Waals surface area (Å²) in [5, 5.41) is 6.12. The molecule has 0 saturated carbocycles. The van der Waals surface area contributed by atoms with Crippen LogP contribution in [0.5, 0.6) is 5.75 Å². The standard InChI is InChI=1S/C18H25N3O3/c1-18(2,3)17(23)21-9-10-24-15-7-6-12(11-14(15)21)20-16(22)13-5-4-8-19-13/h6-7,11,13,19H,4-5,8-10H2,1-3H3,(H,20,22). The lowest BCUT2D eigenvalue weighted by molar-refractivity contribution is -0.126. The van der Waals surface area contributed by atoms with Crippen LogP contribution < -0.4 is 20.3 Å². The minimum absolute atomic E-state index is 0.0297. The van der Waals surface area contributed by atoms with E-state index in [1.165, 1.54) is 0 Å². The maximum absolute atomic E-state index is 12.7. The quantitative estimate of drug-likeness (QED) is 0.871. The van der Waals surface area contributed by atoms with Gasteiger partial charge in [0.05, 0.1) is 18.3 Å². The molecule has 2 amide bonds. The van der Waals surface area contributed by atoms with Gasteiger partial charge in [0.25, 0.3) is 0 Å². The number of carbonyl (C=O) groups excluding carboxylic acids is 2. The third kappa shape index (κ3) is 3.38. The molecule has 0 radical (unpaired) electrons. The van der Waals surface area contributed by atoms with Crippen molar-refractivity contribution in [2.45, 2.75) is 39.7 Å². The fraction of sp³-hybridized carbons (Fsp3) is 0.556. The number of amides is 2. The Hall–Kier alpha value is -2.08. The molecule has 0 bridgehead atoms. The summed E-state index contributed by atoms with van der Waals surface area (Å²) in [7, 11) is 0. The van der Waals surface area contributed by atoms with Gasteiger partial charge >= 0.3 is 0 Å². The number of fused-ring (bicyclic) bond motifs is 1. The molecule has 6 nitrogen and oxygen atoms in total. The van der Waals surface area contributed by atoms with Crippen LogP contribution in [-0.4, -0.2) is 37.6 Å². The van der Waals surface area contributed by atoms with Crippen molar-refractivity contribution in [2.24, 2.45) is 5.41 Å². The molecule has 2 aliphatic rings. The van der Waals surface area contributed by atoms with Crippen LogP contribution >= 0.6 is 0 Å². The highest BCUT2D eigenvalue weighted by molar-refractivity contribution is 6.00. The SMILES string of the molecule is CC(C)(C)C(=O)N1CCOc2ccc(NC(=O)C3CCCN3)cc21. The molecule has 1 aromatic rings. The Morgan fingerprint density at radius 1 is 1.33 bits per heavy atom. The van der Waals surface area contributed by atoms with E-state index in [1.54, 1.807) is 4.90 Å². The Labute approximate surface area is 142 Å². The topological polar surface area (TPSA) is 70.7 Å². The number of hydrogen-bond donors (Lipinski definition) is 2. The van der Waals surface area contributed by atoms with E-state index in [2.05, 4.69) is 10.6 Å². The van der Waals surface area contributed by atoms with E-state index in [-0.39, 0.29) is 17.9 Å². The molecule has 1 atom stereocenters. The Bertz CT molecular complexity index is 645. The molecule has 1 saturated heterocycles. The first kappa shape index (κ1) is 16.8. The third-order valence-electron chi connectivity index (χ3n) is 4.35. The van der Waals surface area contributed by atoms with Crippen molar-refractivity contribution in [3.8, 4) is 5.75 Å². The van der Waals surface area contributed by atoms with E-state index in [1.807, 2.05) is 39.0 Å². The number of anilines is 2. The van der Waals surface area contributed by atoms with Gasteiger partial charge in [0.2, 0.25) is 11.8 Å². The van der Waals surface area contributed by atoms with Gasteiger partial charge in [-0.15, -0.1) is 0 Å². The molecule has 1 aromatic carbocycles.